The molecule has 1 aromatic carbocycles. The van der Waals surface area contributed by atoms with Crippen molar-refractivity contribution in [2.24, 2.45) is 0 Å². The minimum absolute atomic E-state index is 0.0277. The second kappa shape index (κ2) is 7.62. The fourth-order valence-corrected chi connectivity index (χ4v) is 1.94. The van der Waals surface area contributed by atoms with Crippen LogP contribution in [-0.2, 0) is 4.79 Å². The molecule has 0 radical (unpaired) electrons. The average molecular weight is 321 g/mol. The fourth-order valence-electron chi connectivity index (χ4n) is 1.94. The third-order valence-corrected chi connectivity index (χ3v) is 3.19. The zero-order valence-electron chi connectivity index (χ0n) is 13.8. The first-order chi connectivity index (χ1) is 10.6. The van der Waals surface area contributed by atoms with E-state index in [-0.39, 0.29) is 12.3 Å². The molecule has 7 nitrogen and oxygen atoms in total. The molecule has 0 aromatic heterocycles. The molecule has 23 heavy (non-hydrogen) atoms. The van der Waals surface area contributed by atoms with Crippen molar-refractivity contribution in [2.75, 3.05) is 19.4 Å². The lowest BCUT2D eigenvalue weighted by Crippen LogP contribution is -2.45. The predicted octanol–water partition coefficient (Wildman–Crippen LogP) is 2.15. The molecule has 0 spiro atoms. The van der Waals surface area contributed by atoms with Gasteiger partial charge in [0.15, 0.2) is 0 Å². The SMILES string of the molecule is CN(C)C(=O)c1cccc(NC(=O)NC(C)(C)CCC(=O)O)c1. The number of carbonyl (C=O) groups excluding carboxylic acids is 2. The van der Waals surface area contributed by atoms with Gasteiger partial charge in [-0.05, 0) is 38.5 Å². The normalized spacial score (nSPS) is 10.8. The van der Waals surface area contributed by atoms with E-state index in [1.54, 1.807) is 52.2 Å². The highest BCUT2D eigenvalue weighted by Crippen LogP contribution is 2.14. The summed E-state index contributed by atoms with van der Waals surface area (Å²) < 4.78 is 0. The number of amides is 3. The Bertz CT molecular complexity index is 597. The van der Waals surface area contributed by atoms with Crippen LogP contribution < -0.4 is 10.6 Å². The van der Waals surface area contributed by atoms with Crippen LogP contribution in [-0.4, -0.2) is 47.5 Å². The maximum Gasteiger partial charge on any atom is 0.319 e. The van der Waals surface area contributed by atoms with E-state index in [1.807, 2.05) is 0 Å². The fraction of sp³-hybridized carbons (Fsp3) is 0.438. The van der Waals surface area contributed by atoms with Gasteiger partial charge in [0.2, 0.25) is 0 Å². The Balaban J connectivity index is 2.69. The molecular weight excluding hydrogens is 298 g/mol. The van der Waals surface area contributed by atoms with Gasteiger partial charge in [-0.3, -0.25) is 9.59 Å². The number of hydrogen-bond donors (Lipinski definition) is 3. The van der Waals surface area contributed by atoms with Crippen LogP contribution in [0.2, 0.25) is 0 Å². The molecule has 0 saturated heterocycles. The maximum absolute atomic E-state index is 12.0. The van der Waals surface area contributed by atoms with Crippen LogP contribution in [0.25, 0.3) is 0 Å². The number of nitrogens with zero attached hydrogens (tertiary/aromatic N) is 1. The topological polar surface area (TPSA) is 98.7 Å². The molecule has 0 saturated carbocycles. The van der Waals surface area contributed by atoms with Crippen LogP contribution in [0.15, 0.2) is 24.3 Å². The highest BCUT2D eigenvalue weighted by atomic mass is 16.4. The van der Waals surface area contributed by atoms with E-state index in [1.165, 1.54) is 4.90 Å². The molecular formula is C16H23N3O4. The number of urea groups is 1. The first kappa shape index (κ1) is 18.5. The first-order valence-electron chi connectivity index (χ1n) is 7.23. The van der Waals surface area contributed by atoms with Crippen LogP contribution >= 0.6 is 0 Å². The molecule has 126 valence electrons. The number of carbonyl (C=O) groups is 3. The lowest BCUT2D eigenvalue weighted by Gasteiger charge is -2.25. The monoisotopic (exact) mass is 321 g/mol. The molecule has 0 atom stereocenters. The molecule has 1 rings (SSSR count). The predicted molar refractivity (Wildman–Crippen MR) is 87.6 cm³/mol. The zero-order chi connectivity index (χ0) is 17.6. The van der Waals surface area contributed by atoms with Crippen molar-refractivity contribution in [3.8, 4) is 0 Å². The van der Waals surface area contributed by atoms with Gasteiger partial charge in [0.1, 0.15) is 0 Å². The summed E-state index contributed by atoms with van der Waals surface area (Å²) in [6, 6.07) is 6.17. The summed E-state index contributed by atoms with van der Waals surface area (Å²) in [5, 5.41) is 14.1. The van der Waals surface area contributed by atoms with E-state index in [2.05, 4.69) is 10.6 Å². The standard InChI is InChI=1S/C16H23N3O4/c1-16(2,9-8-13(20)21)18-15(23)17-12-7-5-6-11(10-12)14(22)19(3)4/h5-7,10H,8-9H2,1-4H3,(H,20,21)(H2,17,18,23). The molecule has 0 unspecified atom stereocenters. The van der Waals surface area contributed by atoms with Crippen molar-refractivity contribution in [1.82, 2.24) is 10.2 Å². The maximum atomic E-state index is 12.0. The summed E-state index contributed by atoms with van der Waals surface area (Å²) in [6.07, 6.45) is 0.287. The molecule has 0 aliphatic carbocycles. The summed E-state index contributed by atoms with van der Waals surface area (Å²) in [7, 11) is 3.31. The summed E-state index contributed by atoms with van der Waals surface area (Å²) in [5.74, 6) is -1.06. The molecule has 0 heterocycles. The van der Waals surface area contributed by atoms with Crippen molar-refractivity contribution in [3.63, 3.8) is 0 Å². The largest absolute Gasteiger partial charge is 0.481 e. The Labute approximate surface area is 135 Å². The summed E-state index contributed by atoms with van der Waals surface area (Å²) in [6.45, 7) is 3.50. The van der Waals surface area contributed by atoms with Crippen LogP contribution in [0.5, 0.6) is 0 Å². The van der Waals surface area contributed by atoms with Crippen molar-refractivity contribution in [2.45, 2.75) is 32.2 Å². The average Bonchev–Trinajstić information content (AvgIpc) is 2.44. The number of nitrogens with one attached hydrogen (secondary N) is 2. The van der Waals surface area contributed by atoms with Crippen LogP contribution in [0.1, 0.15) is 37.0 Å². The van der Waals surface area contributed by atoms with Crippen molar-refractivity contribution in [3.05, 3.63) is 29.8 Å². The summed E-state index contributed by atoms with van der Waals surface area (Å²) in [4.78, 5) is 36.0. The molecule has 1 aromatic rings. The third-order valence-electron chi connectivity index (χ3n) is 3.19. The second-order valence-corrected chi connectivity index (χ2v) is 6.14. The van der Waals surface area contributed by atoms with Gasteiger partial charge in [-0.25, -0.2) is 4.79 Å². The molecule has 3 N–H and O–H groups in total. The van der Waals surface area contributed by atoms with Gasteiger partial charge < -0.3 is 20.6 Å². The molecule has 3 amide bonds. The van der Waals surface area contributed by atoms with Gasteiger partial charge in [-0.2, -0.15) is 0 Å². The minimum Gasteiger partial charge on any atom is -0.481 e. The number of rotatable bonds is 6. The molecule has 0 fully saturated rings. The highest BCUT2D eigenvalue weighted by Gasteiger charge is 2.21. The van der Waals surface area contributed by atoms with Crippen LogP contribution in [0.3, 0.4) is 0 Å². The van der Waals surface area contributed by atoms with Crippen LogP contribution in [0.4, 0.5) is 10.5 Å². The lowest BCUT2D eigenvalue weighted by molar-refractivity contribution is -0.137. The minimum atomic E-state index is -0.907. The van der Waals surface area contributed by atoms with Gasteiger partial charge in [0, 0.05) is 37.3 Å². The first-order valence-corrected chi connectivity index (χ1v) is 7.23. The third kappa shape index (κ3) is 6.37. The van der Waals surface area contributed by atoms with Gasteiger partial charge in [0.05, 0.1) is 0 Å². The number of aliphatic carboxylic acids is 1. The van der Waals surface area contributed by atoms with Gasteiger partial charge >= 0.3 is 12.0 Å². The van der Waals surface area contributed by atoms with Gasteiger partial charge in [-0.1, -0.05) is 6.07 Å². The summed E-state index contributed by atoms with van der Waals surface area (Å²) >= 11 is 0. The van der Waals surface area contributed by atoms with E-state index < -0.39 is 17.5 Å². The number of hydrogen-bond acceptors (Lipinski definition) is 3. The van der Waals surface area contributed by atoms with Crippen LogP contribution in [0, 0.1) is 0 Å². The second-order valence-electron chi connectivity index (χ2n) is 6.14. The molecule has 0 aliphatic rings. The zero-order valence-corrected chi connectivity index (χ0v) is 13.8. The van der Waals surface area contributed by atoms with E-state index >= 15 is 0 Å². The van der Waals surface area contributed by atoms with E-state index in [0.717, 1.165) is 0 Å². The quantitative estimate of drug-likeness (QED) is 0.747. The summed E-state index contributed by atoms with van der Waals surface area (Å²) in [5.41, 5.74) is 0.307. The highest BCUT2D eigenvalue weighted by molar-refractivity contribution is 5.96. The Kier molecular flexibility index (Phi) is 6.12. The number of carboxylic acid groups (broad SMARTS) is 1. The Hall–Kier alpha value is -2.57. The van der Waals surface area contributed by atoms with E-state index in [9.17, 15) is 14.4 Å². The van der Waals surface area contributed by atoms with Crippen molar-refractivity contribution >= 4 is 23.6 Å². The van der Waals surface area contributed by atoms with Crippen molar-refractivity contribution in [1.29, 1.82) is 0 Å². The molecule has 0 aliphatic heterocycles. The number of benzene rings is 1. The smallest absolute Gasteiger partial charge is 0.319 e. The molecule has 0 bridgehead atoms. The Morgan fingerprint density at radius 2 is 1.87 bits per heavy atom. The van der Waals surface area contributed by atoms with E-state index in [0.29, 0.717) is 17.7 Å². The van der Waals surface area contributed by atoms with Gasteiger partial charge in [0.25, 0.3) is 5.91 Å². The molecule has 7 heteroatoms. The van der Waals surface area contributed by atoms with Gasteiger partial charge in [-0.15, -0.1) is 0 Å². The van der Waals surface area contributed by atoms with E-state index in [4.69, 9.17) is 5.11 Å². The number of anilines is 1. The number of carboxylic acids is 1. The Morgan fingerprint density at radius 3 is 2.43 bits per heavy atom. The Morgan fingerprint density at radius 1 is 1.22 bits per heavy atom. The van der Waals surface area contributed by atoms with Crippen molar-refractivity contribution < 1.29 is 19.5 Å². The lowest BCUT2D eigenvalue weighted by atomic mass is 9.99.